The maximum atomic E-state index is 6.17. The van der Waals surface area contributed by atoms with Crippen molar-refractivity contribution in [3.8, 4) is 16.9 Å². The second-order valence-electron chi connectivity index (χ2n) is 4.61. The molecule has 5 nitrogen and oxygen atoms in total. The van der Waals surface area contributed by atoms with Gasteiger partial charge in [0.1, 0.15) is 17.7 Å². The molecule has 0 unspecified atom stereocenters. The molecule has 21 heavy (non-hydrogen) atoms. The predicted molar refractivity (Wildman–Crippen MR) is 84.9 cm³/mol. The molecule has 0 saturated heterocycles. The number of aryl methyl sites for hydroxylation is 1. The van der Waals surface area contributed by atoms with E-state index in [9.17, 15) is 0 Å². The van der Waals surface area contributed by atoms with E-state index in [1.54, 1.807) is 18.5 Å². The summed E-state index contributed by atoms with van der Waals surface area (Å²) in [4.78, 5) is 12.3. The van der Waals surface area contributed by atoms with E-state index >= 15 is 0 Å². The van der Waals surface area contributed by atoms with E-state index in [1.165, 1.54) is 6.34 Å². The Labute approximate surface area is 128 Å². The van der Waals surface area contributed by atoms with Crippen LogP contribution in [-0.2, 0) is 0 Å². The van der Waals surface area contributed by atoms with E-state index < -0.39 is 0 Å². The van der Waals surface area contributed by atoms with E-state index in [2.05, 4.69) is 15.0 Å². The summed E-state index contributed by atoms with van der Waals surface area (Å²) in [6.07, 6.45) is 4.70. The van der Waals surface area contributed by atoms with Gasteiger partial charge in [-0.15, -0.1) is 0 Å². The van der Waals surface area contributed by atoms with Gasteiger partial charge in [-0.25, -0.2) is 9.97 Å². The Bertz CT molecular complexity index is 628. The van der Waals surface area contributed by atoms with Crippen molar-refractivity contribution in [3.05, 3.63) is 41.4 Å². The molecule has 0 bridgehead atoms. The predicted octanol–water partition coefficient (Wildman–Crippen LogP) is 2.86. The fraction of sp³-hybridized carbons (Fsp3) is 0.267. The van der Waals surface area contributed by atoms with Crippen molar-refractivity contribution in [2.24, 2.45) is 10.7 Å². The van der Waals surface area contributed by atoms with Crippen molar-refractivity contribution >= 4 is 17.9 Å². The van der Waals surface area contributed by atoms with Crippen LogP contribution in [0.25, 0.3) is 11.1 Å². The summed E-state index contributed by atoms with van der Waals surface area (Å²) < 4.78 is 5.79. The number of nitrogens with two attached hydrogens (primary N) is 1. The molecule has 0 aliphatic heterocycles. The van der Waals surface area contributed by atoms with Crippen LogP contribution in [0.4, 0.5) is 0 Å². The van der Waals surface area contributed by atoms with Gasteiger partial charge in [-0.1, -0.05) is 17.7 Å². The van der Waals surface area contributed by atoms with Crippen molar-refractivity contribution < 1.29 is 4.74 Å². The summed E-state index contributed by atoms with van der Waals surface area (Å²) in [5.74, 6) is 1.34. The topological polar surface area (TPSA) is 73.4 Å². The summed E-state index contributed by atoms with van der Waals surface area (Å²) in [6.45, 7) is 4.23. The minimum atomic E-state index is -0.119. The first-order valence-corrected chi connectivity index (χ1v) is 6.93. The normalized spacial score (nSPS) is 12.5. The maximum Gasteiger partial charge on any atom is 0.139 e. The highest BCUT2D eigenvalue weighted by Gasteiger charge is 2.09. The number of rotatable bonds is 5. The molecule has 1 heterocycles. The van der Waals surface area contributed by atoms with Crippen LogP contribution in [0.3, 0.4) is 0 Å². The van der Waals surface area contributed by atoms with Crippen molar-refractivity contribution in [1.82, 2.24) is 9.97 Å². The lowest BCUT2D eigenvalue weighted by molar-refractivity contribution is 0.231. The summed E-state index contributed by atoms with van der Waals surface area (Å²) in [5, 5.41) is 0.551. The first-order valence-electron chi connectivity index (χ1n) is 6.55. The zero-order chi connectivity index (χ0) is 15.2. The molecule has 0 amide bonds. The largest absolute Gasteiger partial charge is 0.487 e. The summed E-state index contributed by atoms with van der Waals surface area (Å²) in [5.41, 5.74) is 7.09. The van der Waals surface area contributed by atoms with Crippen LogP contribution in [-0.4, -0.2) is 29.0 Å². The standard InChI is InChI=1S/C15H17ClN4O/c1-10(6-18-9-17)21-15-5-12(3-4-14(15)16)13-7-19-11(2)20-8-13/h3-5,7-10H,6H2,1-2H3,(H2,17,18)/t10-/m0/s1. The number of aliphatic imine (C=N–C) groups is 1. The highest BCUT2D eigenvalue weighted by atomic mass is 35.5. The molecule has 0 saturated carbocycles. The Morgan fingerprint density at radius 1 is 1.33 bits per heavy atom. The Morgan fingerprint density at radius 3 is 2.71 bits per heavy atom. The average molecular weight is 305 g/mol. The summed E-state index contributed by atoms with van der Waals surface area (Å²) in [7, 11) is 0. The molecular weight excluding hydrogens is 288 g/mol. The third kappa shape index (κ3) is 4.16. The monoisotopic (exact) mass is 304 g/mol. The van der Waals surface area contributed by atoms with E-state index in [1.807, 2.05) is 26.0 Å². The highest BCUT2D eigenvalue weighted by molar-refractivity contribution is 6.32. The molecular formula is C15H17ClN4O. The Morgan fingerprint density at radius 2 is 2.05 bits per heavy atom. The molecule has 0 fully saturated rings. The minimum Gasteiger partial charge on any atom is -0.487 e. The van der Waals surface area contributed by atoms with Crippen molar-refractivity contribution in [2.75, 3.05) is 6.54 Å². The summed E-state index contributed by atoms with van der Waals surface area (Å²) >= 11 is 6.17. The first-order chi connectivity index (χ1) is 10.1. The van der Waals surface area contributed by atoms with Gasteiger partial charge in [0, 0.05) is 18.0 Å². The number of hydrogen-bond acceptors (Lipinski definition) is 4. The van der Waals surface area contributed by atoms with Crippen LogP contribution < -0.4 is 10.5 Å². The highest BCUT2D eigenvalue weighted by Crippen LogP contribution is 2.30. The van der Waals surface area contributed by atoms with Gasteiger partial charge in [0.25, 0.3) is 0 Å². The van der Waals surface area contributed by atoms with Crippen molar-refractivity contribution in [2.45, 2.75) is 20.0 Å². The fourth-order valence-corrected chi connectivity index (χ4v) is 1.94. The smallest absolute Gasteiger partial charge is 0.139 e. The van der Waals surface area contributed by atoms with E-state index in [4.69, 9.17) is 22.1 Å². The van der Waals surface area contributed by atoms with Crippen LogP contribution >= 0.6 is 11.6 Å². The molecule has 110 valence electrons. The van der Waals surface area contributed by atoms with Gasteiger partial charge < -0.3 is 10.5 Å². The van der Waals surface area contributed by atoms with E-state index in [0.717, 1.165) is 17.0 Å². The van der Waals surface area contributed by atoms with Crippen LogP contribution in [0.5, 0.6) is 5.75 Å². The van der Waals surface area contributed by atoms with Crippen molar-refractivity contribution in [3.63, 3.8) is 0 Å². The molecule has 0 radical (unpaired) electrons. The van der Waals surface area contributed by atoms with Gasteiger partial charge in [-0.05, 0) is 31.5 Å². The first kappa shape index (κ1) is 15.3. The molecule has 6 heteroatoms. The molecule has 1 aromatic carbocycles. The van der Waals surface area contributed by atoms with Gasteiger partial charge in [0.2, 0.25) is 0 Å². The SMILES string of the molecule is Cc1ncc(-c2ccc(Cl)c(O[C@@H](C)CN=CN)c2)cn1. The number of halogens is 1. The average Bonchev–Trinajstić information content (AvgIpc) is 2.48. The zero-order valence-electron chi connectivity index (χ0n) is 12.0. The van der Waals surface area contributed by atoms with Crippen LogP contribution in [0.2, 0.25) is 5.02 Å². The lowest BCUT2D eigenvalue weighted by atomic mass is 10.1. The Hall–Kier alpha value is -2.14. The van der Waals surface area contributed by atoms with Gasteiger partial charge in [0.05, 0.1) is 17.9 Å². The number of hydrogen-bond donors (Lipinski definition) is 1. The van der Waals surface area contributed by atoms with Gasteiger partial charge in [-0.2, -0.15) is 0 Å². The molecule has 1 atom stereocenters. The number of ether oxygens (including phenoxy) is 1. The van der Waals surface area contributed by atoms with Gasteiger partial charge in [-0.3, -0.25) is 4.99 Å². The molecule has 1 aromatic heterocycles. The molecule has 0 spiro atoms. The molecule has 2 rings (SSSR count). The van der Waals surface area contributed by atoms with Crippen molar-refractivity contribution in [1.29, 1.82) is 0 Å². The van der Waals surface area contributed by atoms with Gasteiger partial charge >= 0.3 is 0 Å². The Kier molecular flexibility index (Phi) is 5.11. The number of benzene rings is 1. The van der Waals surface area contributed by atoms with Gasteiger partial charge in [0.15, 0.2) is 0 Å². The third-order valence-electron chi connectivity index (χ3n) is 2.84. The second-order valence-corrected chi connectivity index (χ2v) is 5.01. The van der Waals surface area contributed by atoms with Crippen LogP contribution in [0.15, 0.2) is 35.6 Å². The zero-order valence-corrected chi connectivity index (χ0v) is 12.7. The van der Waals surface area contributed by atoms with Crippen LogP contribution in [0, 0.1) is 6.92 Å². The molecule has 2 N–H and O–H groups in total. The number of nitrogens with zero attached hydrogens (tertiary/aromatic N) is 3. The lowest BCUT2D eigenvalue weighted by Gasteiger charge is -2.14. The van der Waals surface area contributed by atoms with E-state index in [-0.39, 0.29) is 6.10 Å². The molecule has 0 aliphatic rings. The summed E-state index contributed by atoms with van der Waals surface area (Å²) in [6, 6.07) is 5.58. The minimum absolute atomic E-state index is 0.119. The van der Waals surface area contributed by atoms with E-state index in [0.29, 0.717) is 17.3 Å². The molecule has 2 aromatic rings. The number of aromatic nitrogens is 2. The second kappa shape index (κ2) is 7.04. The molecule has 0 aliphatic carbocycles. The fourth-order valence-electron chi connectivity index (χ4n) is 1.78. The Balaban J connectivity index is 2.22. The lowest BCUT2D eigenvalue weighted by Crippen LogP contribution is -2.16. The maximum absolute atomic E-state index is 6.17. The quantitative estimate of drug-likeness (QED) is 0.681. The van der Waals surface area contributed by atoms with Crippen LogP contribution in [0.1, 0.15) is 12.7 Å². The third-order valence-corrected chi connectivity index (χ3v) is 3.15.